The largest absolute Gasteiger partial charge is 0.477 e. The topological polar surface area (TPSA) is 90.1 Å². The molecule has 0 radical (unpaired) electrons. The Kier molecular flexibility index (Phi) is 4.15. The molecule has 2 fully saturated rings. The van der Waals surface area contributed by atoms with E-state index in [1.807, 2.05) is 13.0 Å². The Hall–Kier alpha value is -2.44. The van der Waals surface area contributed by atoms with Crippen LogP contribution in [-0.2, 0) is 0 Å². The highest BCUT2D eigenvalue weighted by atomic mass is 16.5. The Morgan fingerprint density at radius 3 is 2.76 bits per heavy atom. The van der Waals surface area contributed by atoms with E-state index in [-0.39, 0.29) is 11.9 Å². The summed E-state index contributed by atoms with van der Waals surface area (Å²) in [5.41, 5.74) is 1.47. The molecule has 2 aromatic rings. The quantitative estimate of drug-likeness (QED) is 0.832. The SMILES string of the molecule is Cc1nc([C@H](C)NC(=O)c2ccc(C3CC3)c(OCC3CC3)n2)no1. The van der Waals surface area contributed by atoms with Gasteiger partial charge in [0.1, 0.15) is 5.69 Å². The zero-order valence-electron chi connectivity index (χ0n) is 14.5. The maximum Gasteiger partial charge on any atom is 0.270 e. The van der Waals surface area contributed by atoms with E-state index in [9.17, 15) is 4.79 Å². The van der Waals surface area contributed by atoms with Crippen molar-refractivity contribution in [1.82, 2.24) is 20.4 Å². The van der Waals surface area contributed by atoms with Crippen LogP contribution in [0.3, 0.4) is 0 Å². The van der Waals surface area contributed by atoms with Crippen LogP contribution in [0.25, 0.3) is 0 Å². The Balaban J connectivity index is 1.48. The van der Waals surface area contributed by atoms with Crippen molar-refractivity contribution in [1.29, 1.82) is 0 Å². The van der Waals surface area contributed by atoms with Gasteiger partial charge in [-0.1, -0.05) is 11.2 Å². The fraction of sp³-hybridized carbons (Fsp3) is 0.556. The average molecular weight is 342 g/mol. The summed E-state index contributed by atoms with van der Waals surface area (Å²) >= 11 is 0. The van der Waals surface area contributed by atoms with Gasteiger partial charge in [-0.05, 0) is 50.5 Å². The van der Waals surface area contributed by atoms with E-state index >= 15 is 0 Å². The smallest absolute Gasteiger partial charge is 0.270 e. The Morgan fingerprint density at radius 2 is 2.12 bits per heavy atom. The van der Waals surface area contributed by atoms with Gasteiger partial charge < -0.3 is 14.6 Å². The van der Waals surface area contributed by atoms with Crippen LogP contribution in [0.15, 0.2) is 16.7 Å². The van der Waals surface area contributed by atoms with Gasteiger partial charge in [0.05, 0.1) is 12.6 Å². The van der Waals surface area contributed by atoms with Crippen molar-refractivity contribution >= 4 is 5.91 Å². The first-order chi connectivity index (χ1) is 12.1. The zero-order chi connectivity index (χ0) is 17.4. The maximum atomic E-state index is 12.5. The Labute approximate surface area is 146 Å². The van der Waals surface area contributed by atoms with Gasteiger partial charge in [0, 0.05) is 12.5 Å². The summed E-state index contributed by atoms with van der Waals surface area (Å²) in [5.74, 6) is 2.44. The number of amides is 1. The highest BCUT2D eigenvalue weighted by Crippen LogP contribution is 2.44. The van der Waals surface area contributed by atoms with Gasteiger partial charge >= 0.3 is 0 Å². The first-order valence-electron chi connectivity index (χ1n) is 8.85. The molecule has 7 nitrogen and oxygen atoms in total. The maximum absolute atomic E-state index is 12.5. The van der Waals surface area contributed by atoms with Crippen LogP contribution < -0.4 is 10.1 Å². The van der Waals surface area contributed by atoms with Gasteiger partial charge in [-0.2, -0.15) is 4.98 Å². The molecule has 0 aromatic carbocycles. The molecule has 1 atom stereocenters. The lowest BCUT2D eigenvalue weighted by Gasteiger charge is -2.13. The van der Waals surface area contributed by atoms with Crippen LogP contribution in [0, 0.1) is 12.8 Å². The van der Waals surface area contributed by atoms with E-state index in [1.165, 1.54) is 25.7 Å². The highest BCUT2D eigenvalue weighted by Gasteiger charge is 2.30. The van der Waals surface area contributed by atoms with Crippen molar-refractivity contribution in [3.8, 4) is 5.88 Å². The number of carbonyl (C=O) groups excluding carboxylic acids is 1. The molecule has 1 amide bonds. The fourth-order valence-electron chi connectivity index (χ4n) is 2.71. The molecule has 1 N–H and O–H groups in total. The summed E-state index contributed by atoms with van der Waals surface area (Å²) < 4.78 is 10.9. The number of rotatable bonds is 7. The van der Waals surface area contributed by atoms with Crippen molar-refractivity contribution in [2.75, 3.05) is 6.61 Å². The lowest BCUT2D eigenvalue weighted by atomic mass is 10.1. The number of pyridine rings is 1. The number of nitrogens with zero attached hydrogens (tertiary/aromatic N) is 3. The van der Waals surface area contributed by atoms with E-state index in [0.717, 1.165) is 5.56 Å². The van der Waals surface area contributed by atoms with Crippen LogP contribution in [0.2, 0.25) is 0 Å². The van der Waals surface area contributed by atoms with Gasteiger partial charge in [-0.25, -0.2) is 4.98 Å². The fourth-order valence-corrected chi connectivity index (χ4v) is 2.71. The molecule has 0 aliphatic heterocycles. The van der Waals surface area contributed by atoms with E-state index in [4.69, 9.17) is 9.26 Å². The van der Waals surface area contributed by atoms with Crippen molar-refractivity contribution in [2.45, 2.75) is 51.5 Å². The van der Waals surface area contributed by atoms with Gasteiger partial charge in [-0.15, -0.1) is 0 Å². The van der Waals surface area contributed by atoms with Crippen molar-refractivity contribution in [3.63, 3.8) is 0 Å². The molecule has 0 spiro atoms. The van der Waals surface area contributed by atoms with Crippen molar-refractivity contribution in [3.05, 3.63) is 35.1 Å². The van der Waals surface area contributed by atoms with Crippen LogP contribution in [0.4, 0.5) is 0 Å². The molecule has 7 heteroatoms. The summed E-state index contributed by atoms with van der Waals surface area (Å²) in [5, 5.41) is 6.69. The molecule has 2 aliphatic rings. The molecule has 2 heterocycles. The molecule has 4 rings (SSSR count). The standard InChI is InChI=1S/C18H22N4O3/c1-10(16-20-11(2)25-22-16)19-17(23)15-8-7-14(13-5-6-13)18(21-15)24-9-12-3-4-12/h7-8,10,12-13H,3-6,9H2,1-2H3,(H,19,23)/t10-/m0/s1. The lowest BCUT2D eigenvalue weighted by molar-refractivity contribution is 0.0931. The van der Waals surface area contributed by atoms with Gasteiger partial charge in [0.15, 0.2) is 5.82 Å². The number of hydrogen-bond donors (Lipinski definition) is 1. The third-order valence-electron chi connectivity index (χ3n) is 4.57. The second-order valence-corrected chi connectivity index (χ2v) is 6.99. The Morgan fingerprint density at radius 1 is 1.32 bits per heavy atom. The van der Waals surface area contributed by atoms with E-state index in [2.05, 4.69) is 20.4 Å². The summed E-state index contributed by atoms with van der Waals surface area (Å²) in [7, 11) is 0. The molecule has 2 saturated carbocycles. The number of ether oxygens (including phenoxy) is 1. The molecule has 0 saturated heterocycles. The molecule has 2 aromatic heterocycles. The monoisotopic (exact) mass is 342 g/mol. The normalized spacial score (nSPS) is 18.0. The van der Waals surface area contributed by atoms with Crippen LogP contribution >= 0.6 is 0 Å². The number of aromatic nitrogens is 3. The first-order valence-corrected chi connectivity index (χ1v) is 8.85. The van der Waals surface area contributed by atoms with Gasteiger partial charge in [0.25, 0.3) is 5.91 Å². The molecule has 0 unspecified atom stereocenters. The predicted octanol–water partition coefficient (Wildman–Crippen LogP) is 2.93. The predicted molar refractivity (Wildman–Crippen MR) is 89.3 cm³/mol. The summed E-state index contributed by atoms with van der Waals surface area (Å²) in [4.78, 5) is 21.1. The summed E-state index contributed by atoms with van der Waals surface area (Å²) in [6, 6.07) is 3.39. The van der Waals surface area contributed by atoms with E-state index < -0.39 is 0 Å². The van der Waals surface area contributed by atoms with E-state index in [1.54, 1.807) is 13.0 Å². The Bertz CT molecular complexity index is 780. The minimum Gasteiger partial charge on any atom is -0.477 e. The number of aryl methyl sites for hydroxylation is 1. The molecular weight excluding hydrogens is 320 g/mol. The van der Waals surface area contributed by atoms with Crippen LogP contribution in [0.5, 0.6) is 5.88 Å². The van der Waals surface area contributed by atoms with Crippen LogP contribution in [0.1, 0.15) is 72.3 Å². The second kappa shape index (κ2) is 6.46. The number of nitrogens with one attached hydrogen (secondary N) is 1. The summed E-state index contributed by atoms with van der Waals surface area (Å²) in [6.45, 7) is 4.22. The molecule has 0 bridgehead atoms. The minimum absolute atomic E-state index is 0.270. The minimum atomic E-state index is -0.356. The molecular formula is C18H22N4O3. The van der Waals surface area contributed by atoms with E-state index in [0.29, 0.717) is 41.7 Å². The molecule has 2 aliphatic carbocycles. The van der Waals surface area contributed by atoms with Crippen LogP contribution in [-0.4, -0.2) is 27.6 Å². The van der Waals surface area contributed by atoms with Gasteiger partial charge in [0.2, 0.25) is 11.8 Å². The lowest BCUT2D eigenvalue weighted by Crippen LogP contribution is -2.28. The third-order valence-corrected chi connectivity index (χ3v) is 4.57. The second-order valence-electron chi connectivity index (χ2n) is 6.99. The molecule has 132 valence electrons. The van der Waals surface area contributed by atoms with Crippen molar-refractivity contribution < 1.29 is 14.1 Å². The third kappa shape index (κ3) is 3.81. The first kappa shape index (κ1) is 16.1. The summed E-state index contributed by atoms with van der Waals surface area (Å²) in [6.07, 6.45) is 4.78. The highest BCUT2D eigenvalue weighted by molar-refractivity contribution is 5.92. The van der Waals surface area contributed by atoms with Gasteiger partial charge in [-0.3, -0.25) is 4.79 Å². The number of carbonyl (C=O) groups is 1. The van der Waals surface area contributed by atoms with Crippen molar-refractivity contribution in [2.24, 2.45) is 5.92 Å². The molecule has 25 heavy (non-hydrogen) atoms. The average Bonchev–Trinajstić information content (AvgIpc) is 3.52. The zero-order valence-corrected chi connectivity index (χ0v) is 14.5. The number of hydrogen-bond acceptors (Lipinski definition) is 6.